The van der Waals surface area contributed by atoms with Gasteiger partial charge in [0, 0.05) is 43.7 Å². The van der Waals surface area contributed by atoms with Gasteiger partial charge in [-0.25, -0.2) is 9.07 Å². The quantitative estimate of drug-likeness (QED) is 0.408. The van der Waals surface area contributed by atoms with Crippen LogP contribution in [0.1, 0.15) is 60.0 Å². The lowest BCUT2D eigenvalue weighted by atomic mass is 9.96. The van der Waals surface area contributed by atoms with Crippen LogP contribution in [0.3, 0.4) is 0 Å². The average molecular weight is 485 g/mol. The summed E-state index contributed by atoms with van der Waals surface area (Å²) in [6.45, 7) is 2.26. The minimum absolute atomic E-state index is 0.0585. The molecule has 2 aliphatic heterocycles. The molecule has 36 heavy (non-hydrogen) atoms. The molecule has 1 fully saturated rings. The van der Waals surface area contributed by atoms with Gasteiger partial charge in [0.25, 0.3) is 5.91 Å². The minimum Gasteiger partial charge on any atom is -0.338 e. The summed E-state index contributed by atoms with van der Waals surface area (Å²) in [6, 6.07) is 15.9. The molecule has 0 saturated carbocycles. The smallest absolute Gasteiger partial charge is 0.257 e. The highest BCUT2D eigenvalue weighted by Gasteiger charge is 2.32. The van der Waals surface area contributed by atoms with E-state index in [2.05, 4.69) is 14.8 Å². The number of piperidine rings is 1. The van der Waals surface area contributed by atoms with Crippen LogP contribution in [-0.4, -0.2) is 48.4 Å². The van der Waals surface area contributed by atoms with Gasteiger partial charge < -0.3 is 9.47 Å². The van der Waals surface area contributed by atoms with Gasteiger partial charge in [-0.05, 0) is 62.1 Å². The van der Waals surface area contributed by atoms with E-state index in [4.69, 9.17) is 5.10 Å². The fraction of sp³-hybridized carbons (Fsp3) is 0.357. The minimum atomic E-state index is -0.319. The van der Waals surface area contributed by atoms with Crippen molar-refractivity contribution in [3.63, 3.8) is 0 Å². The van der Waals surface area contributed by atoms with E-state index in [9.17, 15) is 9.18 Å². The molecule has 0 spiro atoms. The predicted octanol–water partition coefficient (Wildman–Crippen LogP) is 5.02. The summed E-state index contributed by atoms with van der Waals surface area (Å²) in [5.41, 5.74) is 2.65. The molecule has 6 rings (SSSR count). The van der Waals surface area contributed by atoms with Crippen molar-refractivity contribution in [1.82, 2.24) is 29.4 Å². The summed E-state index contributed by atoms with van der Waals surface area (Å²) in [6.07, 6.45) is 8.20. The highest BCUT2D eigenvalue weighted by molar-refractivity contribution is 6.00. The van der Waals surface area contributed by atoms with Gasteiger partial charge in [-0.1, -0.05) is 24.6 Å². The Labute approximate surface area is 209 Å². The number of halogens is 1. The third-order valence-electron chi connectivity index (χ3n) is 7.29. The van der Waals surface area contributed by atoms with Crippen molar-refractivity contribution in [1.29, 1.82) is 0 Å². The first-order valence-corrected chi connectivity index (χ1v) is 12.8. The van der Waals surface area contributed by atoms with Gasteiger partial charge in [-0.2, -0.15) is 5.10 Å². The zero-order chi connectivity index (χ0) is 24.5. The topological polar surface area (TPSA) is 68.8 Å². The molecule has 0 aliphatic carbocycles. The lowest BCUT2D eigenvalue weighted by molar-refractivity contribution is 0.0704. The average Bonchev–Trinajstić information content (AvgIpc) is 3.47. The van der Waals surface area contributed by atoms with Gasteiger partial charge in [0.05, 0.1) is 11.3 Å². The molecule has 184 valence electrons. The summed E-state index contributed by atoms with van der Waals surface area (Å²) in [5.74, 6) is 1.88. The molecule has 1 saturated heterocycles. The molecule has 4 heterocycles. The number of carbonyl (C=O) groups excluding carboxylic acids is 1. The van der Waals surface area contributed by atoms with Crippen LogP contribution in [0.25, 0.3) is 16.9 Å². The van der Waals surface area contributed by atoms with Crippen molar-refractivity contribution in [3.05, 3.63) is 83.8 Å². The molecule has 0 radical (unpaired) electrons. The van der Waals surface area contributed by atoms with Crippen molar-refractivity contribution in [3.8, 4) is 16.9 Å². The van der Waals surface area contributed by atoms with E-state index in [0.717, 1.165) is 56.0 Å². The lowest BCUT2D eigenvalue weighted by Crippen LogP contribution is -2.40. The molecule has 2 aromatic carbocycles. The Kier molecular flexibility index (Phi) is 6.09. The van der Waals surface area contributed by atoms with Crippen molar-refractivity contribution in [2.75, 3.05) is 13.1 Å². The monoisotopic (exact) mass is 484 g/mol. The Morgan fingerprint density at radius 1 is 0.917 bits per heavy atom. The number of fused-ring (bicyclic) bond motifs is 1. The van der Waals surface area contributed by atoms with Crippen LogP contribution in [0, 0.1) is 5.82 Å². The van der Waals surface area contributed by atoms with Crippen LogP contribution in [-0.2, 0) is 13.0 Å². The number of aromatic nitrogens is 5. The SMILES string of the molecule is O=C(c1cn(-c2ccccc2)nc1-c1ccc(F)cc1)N1CCCC(c2nnc3n2CCCCC3)C1. The number of rotatable bonds is 4. The fourth-order valence-electron chi connectivity index (χ4n) is 5.42. The van der Waals surface area contributed by atoms with E-state index in [0.29, 0.717) is 29.9 Å². The van der Waals surface area contributed by atoms with Gasteiger partial charge >= 0.3 is 0 Å². The fourth-order valence-corrected chi connectivity index (χ4v) is 5.42. The first kappa shape index (κ1) is 22.6. The van der Waals surface area contributed by atoms with Crippen molar-refractivity contribution in [2.24, 2.45) is 0 Å². The maximum atomic E-state index is 13.9. The van der Waals surface area contributed by atoms with Gasteiger partial charge in [0.15, 0.2) is 0 Å². The number of carbonyl (C=O) groups is 1. The second-order valence-corrected chi connectivity index (χ2v) is 9.71. The first-order valence-electron chi connectivity index (χ1n) is 12.8. The molecule has 1 unspecified atom stereocenters. The number of para-hydroxylation sites is 1. The molecule has 1 amide bonds. The maximum absolute atomic E-state index is 13.9. The van der Waals surface area contributed by atoms with Crippen LogP contribution in [0.2, 0.25) is 0 Å². The van der Waals surface area contributed by atoms with E-state index in [1.54, 1.807) is 23.0 Å². The number of hydrogen-bond donors (Lipinski definition) is 0. The van der Waals surface area contributed by atoms with Crippen LogP contribution < -0.4 is 0 Å². The van der Waals surface area contributed by atoms with Crippen molar-refractivity contribution in [2.45, 2.75) is 51.0 Å². The van der Waals surface area contributed by atoms with E-state index in [1.807, 2.05) is 35.2 Å². The lowest BCUT2D eigenvalue weighted by Gasteiger charge is -2.32. The maximum Gasteiger partial charge on any atom is 0.257 e. The molecule has 1 atom stereocenters. The summed E-state index contributed by atoms with van der Waals surface area (Å²) in [5, 5.41) is 13.8. The van der Waals surface area contributed by atoms with Gasteiger partial charge in [-0.15, -0.1) is 10.2 Å². The Morgan fingerprint density at radius 3 is 2.58 bits per heavy atom. The molecule has 4 aromatic rings. The summed E-state index contributed by atoms with van der Waals surface area (Å²) < 4.78 is 17.7. The van der Waals surface area contributed by atoms with E-state index < -0.39 is 0 Å². The molecule has 7 nitrogen and oxygen atoms in total. The third-order valence-corrected chi connectivity index (χ3v) is 7.29. The summed E-state index contributed by atoms with van der Waals surface area (Å²) >= 11 is 0. The van der Waals surface area contributed by atoms with Crippen LogP contribution in [0.15, 0.2) is 60.8 Å². The third kappa shape index (κ3) is 4.32. The second kappa shape index (κ2) is 9.68. The highest BCUT2D eigenvalue weighted by atomic mass is 19.1. The van der Waals surface area contributed by atoms with E-state index in [1.165, 1.54) is 18.6 Å². The molecule has 0 N–H and O–H groups in total. The Balaban J connectivity index is 1.32. The zero-order valence-electron chi connectivity index (χ0n) is 20.2. The van der Waals surface area contributed by atoms with Crippen molar-refractivity contribution >= 4 is 5.91 Å². The summed E-state index contributed by atoms with van der Waals surface area (Å²) in [4.78, 5) is 15.8. The Bertz CT molecular complexity index is 1360. The van der Waals surface area contributed by atoms with Crippen LogP contribution >= 0.6 is 0 Å². The number of benzene rings is 2. The number of hydrogen-bond acceptors (Lipinski definition) is 4. The van der Waals surface area contributed by atoms with E-state index in [-0.39, 0.29) is 17.6 Å². The Hall–Kier alpha value is -3.81. The normalized spacial score (nSPS) is 18.0. The number of nitrogens with zero attached hydrogens (tertiary/aromatic N) is 6. The number of aryl methyl sites for hydroxylation is 1. The van der Waals surface area contributed by atoms with Crippen LogP contribution in [0.4, 0.5) is 4.39 Å². The van der Waals surface area contributed by atoms with E-state index >= 15 is 0 Å². The summed E-state index contributed by atoms with van der Waals surface area (Å²) in [7, 11) is 0. The van der Waals surface area contributed by atoms with Crippen LogP contribution in [0.5, 0.6) is 0 Å². The van der Waals surface area contributed by atoms with Gasteiger partial charge in [0.1, 0.15) is 23.2 Å². The van der Waals surface area contributed by atoms with Gasteiger partial charge in [0.2, 0.25) is 0 Å². The first-order chi connectivity index (χ1) is 17.7. The molecule has 8 heteroatoms. The highest BCUT2D eigenvalue weighted by Crippen LogP contribution is 2.31. The zero-order valence-corrected chi connectivity index (χ0v) is 20.2. The molecule has 2 aliphatic rings. The van der Waals surface area contributed by atoms with Gasteiger partial charge in [-0.3, -0.25) is 4.79 Å². The molecule has 0 bridgehead atoms. The number of likely N-dealkylation sites (tertiary alicyclic amines) is 1. The molecular formula is C28H29FN6O. The number of amides is 1. The predicted molar refractivity (Wildman–Crippen MR) is 134 cm³/mol. The second-order valence-electron chi connectivity index (χ2n) is 9.71. The van der Waals surface area contributed by atoms with Crippen molar-refractivity contribution < 1.29 is 9.18 Å². The molecular weight excluding hydrogens is 455 g/mol. The standard InChI is InChI=1S/C28H29FN6O/c29-22-14-12-20(13-15-22)26-24(19-35(32-26)23-9-3-1-4-10-23)28(36)33-16-7-8-21(18-33)27-31-30-25-11-5-2-6-17-34(25)27/h1,3-4,9-10,12-15,19,21H,2,5-8,11,16-18H2. The molecule has 2 aromatic heterocycles. The Morgan fingerprint density at radius 2 is 1.75 bits per heavy atom. The largest absolute Gasteiger partial charge is 0.338 e.